The number of nitrogen functional groups attached to an aromatic ring is 1. The first-order valence-corrected chi connectivity index (χ1v) is 13.0. The number of β-lactam (4-membered cyclic amide) rings is 1. The predicted molar refractivity (Wildman–Crippen MR) is 137 cm³/mol. The van der Waals surface area contributed by atoms with Gasteiger partial charge in [0.1, 0.15) is 22.8 Å². The number of anilines is 1. The number of aromatic nitrogens is 2. The van der Waals surface area contributed by atoms with Crippen molar-refractivity contribution >= 4 is 63.8 Å². The number of amides is 2. The van der Waals surface area contributed by atoms with E-state index in [1.807, 2.05) is 6.07 Å². The summed E-state index contributed by atoms with van der Waals surface area (Å²) in [5.74, 6) is -2.63. The van der Waals surface area contributed by atoms with Crippen molar-refractivity contribution in [2.45, 2.75) is 31.6 Å². The zero-order chi connectivity index (χ0) is 27.4. The van der Waals surface area contributed by atoms with Gasteiger partial charge in [-0.3, -0.25) is 24.3 Å². The molecular weight excluding hydrogens is 536 g/mol. The van der Waals surface area contributed by atoms with E-state index in [9.17, 15) is 24.4 Å². The van der Waals surface area contributed by atoms with Gasteiger partial charge in [0.25, 0.3) is 11.8 Å². The summed E-state index contributed by atoms with van der Waals surface area (Å²) in [7, 11) is 0. The van der Waals surface area contributed by atoms with Crippen LogP contribution in [0.15, 0.2) is 52.4 Å². The number of hydrogen-bond acceptors (Lipinski definition) is 13. The van der Waals surface area contributed by atoms with Crippen molar-refractivity contribution in [3.63, 3.8) is 0 Å². The van der Waals surface area contributed by atoms with Crippen molar-refractivity contribution in [1.29, 1.82) is 0 Å². The quantitative estimate of drug-likeness (QED) is 0.105. The van der Waals surface area contributed by atoms with Gasteiger partial charge in [0.15, 0.2) is 10.8 Å². The maximum atomic E-state index is 13.2. The molecule has 0 radical (unpaired) electrons. The van der Waals surface area contributed by atoms with Crippen LogP contribution in [-0.2, 0) is 28.7 Å². The fourth-order valence-electron chi connectivity index (χ4n) is 3.71. The van der Waals surface area contributed by atoms with Crippen molar-refractivity contribution in [2.75, 3.05) is 11.5 Å². The Morgan fingerprint density at radius 2 is 2.13 bits per heavy atom. The molecule has 0 aromatic carbocycles. The number of nitrogens with zero attached hydrogens (tertiary/aromatic N) is 4. The van der Waals surface area contributed by atoms with E-state index in [0.717, 1.165) is 16.9 Å². The van der Waals surface area contributed by atoms with E-state index in [2.05, 4.69) is 20.4 Å². The van der Waals surface area contributed by atoms with E-state index in [4.69, 9.17) is 15.2 Å². The Balaban J connectivity index is 1.57. The number of nitrogens with two attached hydrogens (primary N) is 1. The smallest absolute Gasteiger partial charge is 0.358 e. The summed E-state index contributed by atoms with van der Waals surface area (Å²) in [5, 5.41) is 15.8. The lowest BCUT2D eigenvalue weighted by Crippen LogP contribution is -2.71. The lowest BCUT2D eigenvalue weighted by atomic mass is 10.0. The molecule has 2 amide bonds. The molecule has 2 aliphatic rings. The number of fused-ring (bicyclic) bond motifs is 1. The normalized spacial score (nSPS) is 20.0. The Labute approximate surface area is 224 Å². The number of hydrogen-bond donors (Lipinski definition) is 3. The van der Waals surface area contributed by atoms with Crippen molar-refractivity contribution in [1.82, 2.24) is 20.2 Å². The molecule has 4 N–H and O–H groups in total. The summed E-state index contributed by atoms with van der Waals surface area (Å²) in [6.07, 6.45) is 5.48. The number of oxime groups is 1. The minimum atomic E-state index is -1.19. The second kappa shape index (κ2) is 11.4. The molecule has 1 saturated heterocycles. The van der Waals surface area contributed by atoms with Gasteiger partial charge in [0, 0.05) is 37.4 Å². The number of pyridine rings is 1. The van der Waals surface area contributed by atoms with Crippen LogP contribution >= 0.6 is 23.1 Å². The number of ether oxygens (including phenoxy) is 2. The molecule has 1 fully saturated rings. The second-order valence-corrected chi connectivity index (χ2v) is 9.95. The van der Waals surface area contributed by atoms with Crippen molar-refractivity contribution in [3.05, 3.63) is 58.5 Å². The molecule has 0 bridgehead atoms. The Morgan fingerprint density at radius 1 is 1.34 bits per heavy atom. The standard InChI is InChI=1S/C23H22N6O7S2/c1-11(30)35-12(2)36-22(33)18-14(6-5-13-4-3-7-25-8-13)9-37-21-17(20(32)29(18)21)27-19(31)16(28-34)15-10-38-23(24)26-15/h3-8,10,12,17,21,34H,9H2,1-2H3,(H2,24,26)(H,27,31)/b6-5-,28-16-/t12?,17-,21-/m1/s1. The molecule has 2 aromatic rings. The zero-order valence-electron chi connectivity index (χ0n) is 20.1. The van der Waals surface area contributed by atoms with Crippen molar-refractivity contribution in [2.24, 2.45) is 5.16 Å². The first kappa shape index (κ1) is 26.8. The lowest BCUT2D eigenvalue weighted by Gasteiger charge is -2.49. The van der Waals surface area contributed by atoms with Crippen LogP contribution in [0.5, 0.6) is 0 Å². The number of thiazole rings is 1. The molecular formula is C23H22N6O7S2. The molecule has 0 spiro atoms. The topological polar surface area (TPSA) is 186 Å². The molecule has 198 valence electrons. The van der Waals surface area contributed by atoms with Crippen LogP contribution in [0, 0.1) is 0 Å². The number of carbonyl (C=O) groups is 4. The lowest BCUT2D eigenvalue weighted by molar-refractivity contribution is -0.182. The minimum absolute atomic E-state index is 0.0354. The zero-order valence-corrected chi connectivity index (χ0v) is 21.7. The summed E-state index contributed by atoms with van der Waals surface area (Å²) in [6, 6.07) is 2.56. The fourth-order valence-corrected chi connectivity index (χ4v) is 5.58. The first-order valence-electron chi connectivity index (χ1n) is 11.1. The molecule has 15 heteroatoms. The van der Waals surface area contributed by atoms with Crippen molar-refractivity contribution < 1.29 is 33.9 Å². The highest BCUT2D eigenvalue weighted by Crippen LogP contribution is 2.41. The number of esters is 2. The van der Waals surface area contributed by atoms with Gasteiger partial charge >= 0.3 is 11.9 Å². The number of nitrogens with one attached hydrogen (secondary N) is 1. The van der Waals surface area contributed by atoms with Crippen LogP contribution in [0.4, 0.5) is 5.13 Å². The second-order valence-electron chi connectivity index (χ2n) is 7.96. The monoisotopic (exact) mass is 558 g/mol. The molecule has 2 aliphatic heterocycles. The van der Waals surface area contributed by atoms with Gasteiger partial charge in [-0.15, -0.1) is 23.1 Å². The maximum absolute atomic E-state index is 13.2. The Bertz CT molecular complexity index is 1360. The molecule has 4 heterocycles. The Morgan fingerprint density at radius 3 is 2.76 bits per heavy atom. The fraction of sp³-hybridized carbons (Fsp3) is 0.261. The Hall–Kier alpha value is -4.24. The van der Waals surface area contributed by atoms with Gasteiger partial charge in [0.2, 0.25) is 6.29 Å². The molecule has 0 aliphatic carbocycles. The van der Waals surface area contributed by atoms with Crippen molar-refractivity contribution in [3.8, 4) is 0 Å². The summed E-state index contributed by atoms with van der Waals surface area (Å²) >= 11 is 2.37. The van der Waals surface area contributed by atoms with Crippen LogP contribution in [0.1, 0.15) is 25.1 Å². The highest BCUT2D eigenvalue weighted by molar-refractivity contribution is 8.00. The van der Waals surface area contributed by atoms with E-state index in [1.54, 1.807) is 30.6 Å². The average Bonchev–Trinajstić information content (AvgIpc) is 3.31. The molecule has 0 saturated carbocycles. The number of thioether (sulfide) groups is 1. The molecule has 38 heavy (non-hydrogen) atoms. The summed E-state index contributed by atoms with van der Waals surface area (Å²) in [6.45, 7) is 2.55. The van der Waals surface area contributed by atoms with E-state index in [-0.39, 0.29) is 16.5 Å². The number of rotatable bonds is 8. The summed E-state index contributed by atoms with van der Waals surface area (Å²) < 4.78 is 10.2. The van der Waals surface area contributed by atoms with Gasteiger partial charge in [-0.05, 0) is 17.2 Å². The highest BCUT2D eigenvalue weighted by Gasteiger charge is 2.54. The summed E-state index contributed by atoms with van der Waals surface area (Å²) in [4.78, 5) is 59.5. The predicted octanol–water partition coefficient (Wildman–Crippen LogP) is 1.12. The summed E-state index contributed by atoms with van der Waals surface area (Å²) in [5.41, 5.74) is 6.46. The van der Waals surface area contributed by atoms with E-state index in [0.29, 0.717) is 11.3 Å². The molecule has 4 rings (SSSR count). The van der Waals surface area contributed by atoms with Crippen LogP contribution in [-0.4, -0.2) is 73.0 Å². The van der Waals surface area contributed by atoms with Gasteiger partial charge in [-0.25, -0.2) is 9.78 Å². The third-order valence-corrected chi connectivity index (χ3v) is 7.30. The molecule has 3 atom stereocenters. The average molecular weight is 559 g/mol. The number of carbonyl (C=O) groups excluding carboxylic acids is 4. The van der Waals surface area contributed by atoms with Gasteiger partial charge < -0.3 is 25.7 Å². The molecule has 1 unspecified atom stereocenters. The van der Waals surface area contributed by atoms with Gasteiger partial charge in [-0.2, -0.15) is 0 Å². The Kier molecular flexibility index (Phi) is 8.07. The van der Waals surface area contributed by atoms with Crippen LogP contribution in [0.3, 0.4) is 0 Å². The maximum Gasteiger partial charge on any atom is 0.358 e. The van der Waals surface area contributed by atoms with Gasteiger partial charge in [-0.1, -0.05) is 23.4 Å². The van der Waals surface area contributed by atoms with E-state index >= 15 is 0 Å². The van der Waals surface area contributed by atoms with E-state index in [1.165, 1.54) is 35.9 Å². The first-order chi connectivity index (χ1) is 18.2. The third kappa shape index (κ3) is 5.68. The van der Waals surface area contributed by atoms with Crippen LogP contribution in [0.25, 0.3) is 6.08 Å². The van der Waals surface area contributed by atoms with E-state index < -0.39 is 47.2 Å². The van der Waals surface area contributed by atoms with Gasteiger partial charge in [0.05, 0.1) is 0 Å². The van der Waals surface area contributed by atoms with Crippen LogP contribution in [0.2, 0.25) is 0 Å². The van der Waals surface area contributed by atoms with Crippen LogP contribution < -0.4 is 11.1 Å². The molecule has 13 nitrogen and oxygen atoms in total. The molecule has 2 aromatic heterocycles. The largest absolute Gasteiger partial charge is 0.426 e. The highest BCUT2D eigenvalue weighted by atomic mass is 32.2. The number of allylic oxidation sites excluding steroid dienone is 1. The third-order valence-electron chi connectivity index (χ3n) is 5.32. The minimum Gasteiger partial charge on any atom is -0.426 e. The SMILES string of the molecule is CC(=O)OC(C)OC(=O)C1=C(/C=C\c2cccnc2)CS[C@@H]2[C@H](NC(=O)/C(=N\O)c3csc(N)n3)C(=O)N12.